The van der Waals surface area contributed by atoms with Crippen LogP contribution in [0.25, 0.3) is 72.7 Å². The van der Waals surface area contributed by atoms with Gasteiger partial charge in [0.1, 0.15) is 11.6 Å². The Morgan fingerprint density at radius 3 is 1.82 bits per heavy atom. The van der Waals surface area contributed by atoms with Gasteiger partial charge in [-0.05, 0) is 133 Å². The summed E-state index contributed by atoms with van der Waals surface area (Å²) in [5.41, 5.74) is 9.09. The highest BCUT2D eigenvalue weighted by molar-refractivity contribution is 5.97. The van der Waals surface area contributed by atoms with Crippen molar-refractivity contribution in [3.8, 4) is 67.5 Å². The van der Waals surface area contributed by atoms with E-state index < -0.39 is 71.2 Å². The van der Waals surface area contributed by atoms with E-state index in [1.807, 2.05) is 30.3 Å². The average Bonchev–Trinajstić information content (AvgIpc) is 3.70. The Labute approximate surface area is 402 Å². The van der Waals surface area contributed by atoms with Crippen molar-refractivity contribution in [1.82, 2.24) is 14.5 Å². The number of phenolic OH excluding ortho intramolecular Hbond substituents is 1. The number of pyridine rings is 1. The maximum Gasteiger partial charge on any atom is 0.149 e. The smallest absolute Gasteiger partial charge is 0.149 e. The van der Waals surface area contributed by atoms with Gasteiger partial charge in [-0.2, -0.15) is 0 Å². The number of rotatable bonds is 8. The number of fused-ring (bicyclic) bond motifs is 1. The normalized spacial score (nSPS) is 14.9. The summed E-state index contributed by atoms with van der Waals surface area (Å²) in [6, 6.07) is 26.9. The molecule has 0 radical (unpaired) electrons. The highest BCUT2D eigenvalue weighted by Gasteiger charge is 2.31. The number of imidazole rings is 1. The fourth-order valence-electron chi connectivity index (χ4n) is 8.53. The van der Waals surface area contributed by atoms with Crippen LogP contribution in [0.15, 0.2) is 133 Å². The van der Waals surface area contributed by atoms with E-state index in [4.69, 9.17) is 17.3 Å². The fraction of sp³-hybridized carbons (Fsp3) is 0.311. The maximum atomic E-state index is 12.7. The zero-order valence-electron chi connectivity index (χ0n) is 50.1. The van der Waals surface area contributed by atoms with Crippen LogP contribution in [0.4, 0.5) is 0 Å². The van der Waals surface area contributed by atoms with E-state index in [0.29, 0.717) is 28.0 Å². The lowest BCUT2D eigenvalue weighted by Crippen LogP contribution is -2.17. The predicted octanol–water partition coefficient (Wildman–Crippen LogP) is 16.9. The Morgan fingerprint density at radius 1 is 0.585 bits per heavy atom. The Balaban J connectivity index is 1.50. The molecule has 0 atom stereocenters. The number of aromatic nitrogens is 3. The van der Waals surface area contributed by atoms with Gasteiger partial charge in [-0.15, -0.1) is 0 Å². The van der Waals surface area contributed by atoms with Gasteiger partial charge in [-0.25, -0.2) is 4.98 Å². The summed E-state index contributed by atoms with van der Waals surface area (Å²) in [4.78, 5) is 10.1. The third-order valence-corrected chi connectivity index (χ3v) is 12.3. The van der Waals surface area contributed by atoms with Gasteiger partial charge in [0.2, 0.25) is 0 Å². The Hall–Kier alpha value is -6.26. The number of hydrogen-bond acceptors (Lipinski definition) is 3. The van der Waals surface area contributed by atoms with E-state index in [1.165, 1.54) is 0 Å². The lowest BCUT2D eigenvalue weighted by Gasteiger charge is -2.28. The second-order valence-electron chi connectivity index (χ2n) is 21.0. The highest BCUT2D eigenvalue weighted by Crippen LogP contribution is 2.47. The second kappa shape index (κ2) is 16.9. The summed E-state index contributed by atoms with van der Waals surface area (Å²) >= 11 is 0. The maximum absolute atomic E-state index is 12.7. The molecule has 0 unspecified atom stereocenters. The molecule has 65 heavy (non-hydrogen) atoms. The first-order valence-corrected chi connectivity index (χ1v) is 22.6. The SMILES string of the molecule is [2H]c1nc(-c2cc(-c3cccc4c3nc(-c3cc(C(C)(C)C)cc(C(C)(C)C)c3O)n4-c3c(C(C)C)cc(-c4ccccc4)cc3C(C)C)cc(C(C)(C)C)c2)c([2H])c(-c2c([2H])c([2H])c(C([2H])([2H])[2H])c([2H])c2[2H])c1[2H]. The summed E-state index contributed by atoms with van der Waals surface area (Å²) in [5, 5.41) is 12.7. The average molecular weight is 868 g/mol. The number of nitrogens with zero attached hydrogens (tertiary/aromatic N) is 3. The predicted molar refractivity (Wildman–Crippen MR) is 277 cm³/mol. The van der Waals surface area contributed by atoms with Crippen molar-refractivity contribution in [3.63, 3.8) is 0 Å². The molecule has 4 heteroatoms. The zero-order valence-corrected chi connectivity index (χ0v) is 40.1. The van der Waals surface area contributed by atoms with Gasteiger partial charge in [0.25, 0.3) is 0 Å². The van der Waals surface area contributed by atoms with Crippen LogP contribution in [0.2, 0.25) is 0 Å². The molecule has 0 spiro atoms. The molecule has 0 fully saturated rings. The molecule has 332 valence electrons. The minimum Gasteiger partial charge on any atom is -0.507 e. The molecular weight excluding hydrogens is 791 g/mol. The topological polar surface area (TPSA) is 50.9 Å². The van der Waals surface area contributed by atoms with E-state index in [9.17, 15) is 6.48 Å². The Bertz CT molecular complexity index is 3510. The van der Waals surface area contributed by atoms with Crippen LogP contribution in [0.1, 0.15) is 149 Å². The Morgan fingerprint density at radius 2 is 1.22 bits per heavy atom. The largest absolute Gasteiger partial charge is 0.507 e. The summed E-state index contributed by atoms with van der Waals surface area (Å²) in [6.45, 7) is 24.8. The number of hydrogen-bond donors (Lipinski definition) is 1. The molecule has 0 aliphatic heterocycles. The van der Waals surface area contributed by atoms with Gasteiger partial charge >= 0.3 is 0 Å². The number of benzene rings is 6. The summed E-state index contributed by atoms with van der Waals surface area (Å²) < 4.78 is 88.8. The van der Waals surface area contributed by atoms with Gasteiger partial charge in [-0.1, -0.05) is 174 Å². The highest BCUT2D eigenvalue weighted by atomic mass is 16.3. The quantitative estimate of drug-likeness (QED) is 0.166. The van der Waals surface area contributed by atoms with Crippen molar-refractivity contribution in [2.24, 2.45) is 0 Å². The number of para-hydroxylation sites is 1. The molecule has 0 saturated heterocycles. The monoisotopic (exact) mass is 868 g/mol. The van der Waals surface area contributed by atoms with Gasteiger partial charge in [-0.3, -0.25) is 9.55 Å². The van der Waals surface area contributed by atoms with E-state index in [0.717, 1.165) is 55.7 Å². The van der Waals surface area contributed by atoms with Crippen molar-refractivity contribution >= 4 is 11.0 Å². The van der Waals surface area contributed by atoms with Crippen LogP contribution in [0.3, 0.4) is 0 Å². The first-order valence-electron chi connectivity index (χ1n) is 27.6. The van der Waals surface area contributed by atoms with Crippen LogP contribution in [0.5, 0.6) is 5.75 Å². The third-order valence-electron chi connectivity index (χ3n) is 12.3. The molecule has 8 rings (SSSR count). The molecule has 1 N–H and O–H groups in total. The molecule has 0 bridgehead atoms. The first-order chi connectivity index (χ1) is 34.7. The summed E-state index contributed by atoms with van der Waals surface area (Å²) in [7, 11) is 0. The molecule has 2 aromatic heterocycles. The minimum absolute atomic E-state index is 0.0335. The van der Waals surface area contributed by atoms with Gasteiger partial charge in [0, 0.05) is 27.0 Å². The fourth-order valence-corrected chi connectivity index (χ4v) is 8.53. The van der Waals surface area contributed by atoms with E-state index in [-0.39, 0.29) is 34.3 Å². The van der Waals surface area contributed by atoms with Crippen molar-refractivity contribution in [2.75, 3.05) is 0 Å². The van der Waals surface area contributed by atoms with Crippen LogP contribution < -0.4 is 0 Å². The Kier molecular flexibility index (Phi) is 8.90. The van der Waals surface area contributed by atoms with E-state index in [1.54, 1.807) is 0 Å². The van der Waals surface area contributed by atoms with Crippen molar-refractivity contribution in [2.45, 2.75) is 125 Å². The van der Waals surface area contributed by atoms with Crippen LogP contribution >= 0.6 is 0 Å². The standard InChI is InChI=1S/C61H67N3O/c1-37(2)49-32-43(40-19-16-15-17-20-40)33-50(38(3)4)56(49)64-54-22-18-21-48(55(54)63-58(64)51-35-47(60(9,10)11)36-52(57(51)65)61(12,13)14)44-29-45(31-46(30-44)59(6,7)8)53-34-42(27-28-62-53)41-25-23-39(5)24-26-41/h15-38,65H,1-14H3/i5D3,23D,24D,25D,26D,27D,28D,34D. The molecule has 0 saturated carbocycles. The second-order valence-corrected chi connectivity index (χ2v) is 21.0. The van der Waals surface area contributed by atoms with Gasteiger partial charge in [0.15, 0.2) is 0 Å². The molecule has 0 amide bonds. The van der Waals surface area contributed by atoms with Crippen molar-refractivity contribution in [3.05, 3.63) is 167 Å². The van der Waals surface area contributed by atoms with Gasteiger partial charge in [0.05, 0.1) is 37.6 Å². The third kappa shape index (κ3) is 8.93. The summed E-state index contributed by atoms with van der Waals surface area (Å²) in [5.74, 6) is 0.827. The molecule has 4 nitrogen and oxygen atoms in total. The molecular formula is C61H67N3O. The van der Waals surface area contributed by atoms with E-state index >= 15 is 0 Å². The lowest BCUT2D eigenvalue weighted by atomic mass is 9.78. The van der Waals surface area contributed by atoms with Gasteiger partial charge < -0.3 is 5.11 Å². The van der Waals surface area contributed by atoms with Crippen molar-refractivity contribution in [1.29, 1.82) is 0 Å². The van der Waals surface area contributed by atoms with Crippen molar-refractivity contribution < 1.29 is 18.8 Å². The van der Waals surface area contributed by atoms with Crippen LogP contribution in [0, 0.1) is 6.85 Å². The number of phenols is 1. The zero-order chi connectivity index (χ0) is 55.3. The molecule has 2 heterocycles. The molecule has 0 aliphatic carbocycles. The first kappa shape index (κ1) is 34.1. The van der Waals surface area contributed by atoms with E-state index in [2.05, 4.69) is 160 Å². The molecule has 8 aromatic rings. The minimum atomic E-state index is -2.97. The van der Waals surface area contributed by atoms with Crippen LogP contribution in [-0.4, -0.2) is 19.6 Å². The molecule has 0 aliphatic rings. The molecule has 6 aromatic carbocycles. The summed E-state index contributed by atoms with van der Waals surface area (Å²) in [6.07, 6.45) is -0.562. The van der Waals surface area contributed by atoms with Crippen LogP contribution in [-0.2, 0) is 16.2 Å². The number of aromatic hydroxyl groups is 1. The lowest BCUT2D eigenvalue weighted by molar-refractivity contribution is 0.446.